The summed E-state index contributed by atoms with van der Waals surface area (Å²) in [5.74, 6) is 0.938. The summed E-state index contributed by atoms with van der Waals surface area (Å²) in [4.78, 5) is 71.7. The minimum Gasteiger partial charge on any atom is -0.453 e. The first-order valence-corrected chi connectivity index (χ1v) is 18.7. The van der Waals surface area contributed by atoms with Crippen molar-refractivity contribution >= 4 is 35.0 Å². The van der Waals surface area contributed by atoms with Crippen LogP contribution in [-0.4, -0.2) is 87.1 Å². The highest BCUT2D eigenvalue weighted by Gasteiger charge is 2.39. The Morgan fingerprint density at radius 2 is 1.36 bits per heavy atom. The molecule has 2 aliphatic heterocycles. The van der Waals surface area contributed by atoms with E-state index in [0.29, 0.717) is 24.5 Å². The van der Waals surface area contributed by atoms with E-state index in [4.69, 9.17) is 19.4 Å². The molecule has 4 N–H and O–H groups in total. The number of hydrogen-bond donors (Lipinski definition) is 4. The molecule has 5 aromatic rings. The second-order valence-electron chi connectivity index (χ2n) is 14.3. The molecular weight excluding hydrogens is 701 g/mol. The van der Waals surface area contributed by atoms with Crippen LogP contribution >= 0.6 is 0 Å². The van der Waals surface area contributed by atoms with Gasteiger partial charge in [-0.3, -0.25) is 9.59 Å². The lowest BCUT2D eigenvalue weighted by Crippen LogP contribution is -2.51. The Morgan fingerprint density at radius 1 is 0.745 bits per heavy atom. The number of ether oxygens (including phenoxy) is 2. The number of hydrogen-bond acceptors (Lipinski definition) is 8. The van der Waals surface area contributed by atoms with Gasteiger partial charge in [-0.25, -0.2) is 19.6 Å². The van der Waals surface area contributed by atoms with E-state index in [1.807, 2.05) is 73.3 Å². The van der Waals surface area contributed by atoms with Crippen LogP contribution in [0.15, 0.2) is 79.0 Å². The number of carbonyl (C=O) groups is 4. The smallest absolute Gasteiger partial charge is 0.407 e. The molecule has 2 saturated heterocycles. The van der Waals surface area contributed by atoms with Crippen molar-refractivity contribution in [2.24, 2.45) is 5.92 Å². The second-order valence-corrected chi connectivity index (χ2v) is 14.3. The van der Waals surface area contributed by atoms with E-state index in [1.54, 1.807) is 11.1 Å². The number of rotatable bonds is 10. The molecule has 14 nitrogen and oxygen atoms in total. The first-order chi connectivity index (χ1) is 26.6. The van der Waals surface area contributed by atoms with Gasteiger partial charge in [0.05, 0.1) is 49.2 Å². The Kier molecular flexibility index (Phi) is 10.8. The van der Waals surface area contributed by atoms with E-state index < -0.39 is 24.3 Å². The van der Waals surface area contributed by atoms with E-state index in [1.165, 1.54) is 14.2 Å². The summed E-state index contributed by atoms with van der Waals surface area (Å²) in [6, 6.07) is 21.3. The van der Waals surface area contributed by atoms with Crippen LogP contribution < -0.4 is 10.6 Å². The standard InChI is InChI=1S/C41H46N8O6/c1-24(2)34(46-40(52)54-3)38(50)49-21-9-13-33(49)37-43-29-19-18-28(22-30(29)44-37)25-14-16-26(17-15-25)31-23-42-36(45-31)32-12-8-20-48(32)39(51)35(47-41(53)55-4)27-10-6-5-7-11-27/h5-7,10-11,14-19,22-24,32-35H,8-9,12-13,20-21H2,1-4H3,(H,42,45)(H,43,44)(H,46,52)(H,47,53)/t32-,33-,34-,35+/m0/s1. The van der Waals surface area contributed by atoms with Gasteiger partial charge in [0, 0.05) is 13.1 Å². The van der Waals surface area contributed by atoms with Gasteiger partial charge < -0.3 is 39.9 Å². The quantitative estimate of drug-likeness (QED) is 0.127. The van der Waals surface area contributed by atoms with Crippen LogP contribution in [0.4, 0.5) is 9.59 Å². The predicted molar refractivity (Wildman–Crippen MR) is 205 cm³/mol. The van der Waals surface area contributed by atoms with E-state index in [9.17, 15) is 19.2 Å². The fourth-order valence-electron chi connectivity index (χ4n) is 7.65. The van der Waals surface area contributed by atoms with Crippen LogP contribution in [-0.2, 0) is 19.1 Å². The van der Waals surface area contributed by atoms with Gasteiger partial charge in [-0.15, -0.1) is 0 Å². The number of alkyl carbamates (subject to hydrolysis) is 2. The number of benzene rings is 3. The zero-order chi connectivity index (χ0) is 38.6. The SMILES string of the molecule is COC(=O)N[C@H](C(=O)N1CCC[C@H]1c1nc2ccc(-c3ccc(-c4cnc([C@@H]5CCCN5C(=O)[C@H](NC(=O)OC)c5ccccc5)[nH]4)cc3)cc2[nH]1)C(C)C. The highest BCUT2D eigenvalue weighted by Crippen LogP contribution is 2.36. The van der Waals surface area contributed by atoms with E-state index in [0.717, 1.165) is 64.9 Å². The van der Waals surface area contributed by atoms with Gasteiger partial charge in [0.25, 0.3) is 5.91 Å². The number of nitrogens with one attached hydrogen (secondary N) is 4. The summed E-state index contributed by atoms with van der Waals surface area (Å²) in [7, 11) is 2.56. The van der Waals surface area contributed by atoms with Crippen LogP contribution in [0, 0.1) is 5.92 Å². The fourth-order valence-corrected chi connectivity index (χ4v) is 7.65. The first-order valence-electron chi connectivity index (χ1n) is 18.7. The number of likely N-dealkylation sites (tertiary alicyclic amines) is 2. The third-order valence-corrected chi connectivity index (χ3v) is 10.5. The largest absolute Gasteiger partial charge is 0.453 e. The molecule has 0 aliphatic carbocycles. The van der Waals surface area contributed by atoms with Gasteiger partial charge in [0.1, 0.15) is 23.7 Å². The van der Waals surface area contributed by atoms with Gasteiger partial charge in [0.15, 0.2) is 0 Å². The predicted octanol–water partition coefficient (Wildman–Crippen LogP) is 6.42. The molecule has 14 heteroatoms. The monoisotopic (exact) mass is 746 g/mol. The van der Waals surface area contributed by atoms with Crippen LogP contribution in [0.1, 0.15) is 74.9 Å². The maximum atomic E-state index is 13.9. The average Bonchev–Trinajstić information content (AvgIpc) is 4.04. The molecule has 55 heavy (non-hydrogen) atoms. The van der Waals surface area contributed by atoms with Crippen molar-refractivity contribution < 1.29 is 28.7 Å². The Bertz CT molecular complexity index is 2160. The number of imidazole rings is 2. The van der Waals surface area contributed by atoms with Crippen LogP contribution in [0.25, 0.3) is 33.4 Å². The number of aromatic amines is 2. The van der Waals surface area contributed by atoms with Gasteiger partial charge in [-0.2, -0.15) is 0 Å². The highest BCUT2D eigenvalue weighted by molar-refractivity contribution is 5.88. The number of methoxy groups -OCH3 is 2. The summed E-state index contributed by atoms with van der Waals surface area (Å²) in [6.45, 7) is 4.93. The molecule has 7 rings (SSSR count). The summed E-state index contributed by atoms with van der Waals surface area (Å²) in [5, 5.41) is 5.41. The van der Waals surface area contributed by atoms with Crippen molar-refractivity contribution in [3.8, 4) is 22.4 Å². The minimum absolute atomic E-state index is 0.113. The number of aromatic nitrogens is 4. The van der Waals surface area contributed by atoms with Crippen molar-refractivity contribution in [3.63, 3.8) is 0 Å². The van der Waals surface area contributed by atoms with Crippen LogP contribution in [0.3, 0.4) is 0 Å². The molecule has 0 unspecified atom stereocenters. The number of carbonyl (C=O) groups excluding carboxylic acids is 4. The molecule has 4 heterocycles. The van der Waals surface area contributed by atoms with Crippen molar-refractivity contribution in [2.75, 3.05) is 27.3 Å². The summed E-state index contributed by atoms with van der Waals surface area (Å²) < 4.78 is 9.58. The van der Waals surface area contributed by atoms with Gasteiger partial charge in [-0.1, -0.05) is 74.5 Å². The summed E-state index contributed by atoms with van der Waals surface area (Å²) in [6.07, 6.45) is 3.65. The molecule has 2 aliphatic rings. The van der Waals surface area contributed by atoms with Crippen molar-refractivity contribution in [1.29, 1.82) is 0 Å². The molecule has 4 amide bonds. The molecule has 2 aromatic heterocycles. The lowest BCUT2D eigenvalue weighted by molar-refractivity contribution is -0.135. The Hall–Kier alpha value is -6.18. The third-order valence-electron chi connectivity index (χ3n) is 10.5. The van der Waals surface area contributed by atoms with Gasteiger partial charge >= 0.3 is 12.2 Å². The number of H-pyrrole nitrogens is 2. The molecule has 2 fully saturated rings. The maximum Gasteiger partial charge on any atom is 0.407 e. The lowest BCUT2D eigenvalue weighted by atomic mass is 10.0. The third kappa shape index (κ3) is 7.75. The molecular formula is C41H46N8O6. The molecule has 4 atom stereocenters. The molecule has 286 valence electrons. The summed E-state index contributed by atoms with van der Waals surface area (Å²) >= 11 is 0. The number of fused-ring (bicyclic) bond motifs is 1. The Balaban J connectivity index is 1.05. The van der Waals surface area contributed by atoms with E-state index in [2.05, 4.69) is 38.8 Å². The Labute approximate surface area is 319 Å². The topological polar surface area (TPSA) is 175 Å². The van der Waals surface area contributed by atoms with E-state index >= 15 is 0 Å². The molecule has 0 radical (unpaired) electrons. The normalized spacial score (nSPS) is 18.0. The lowest BCUT2D eigenvalue weighted by Gasteiger charge is -2.29. The average molecular weight is 747 g/mol. The molecule has 0 spiro atoms. The maximum absolute atomic E-state index is 13.9. The minimum atomic E-state index is -0.885. The molecule has 0 bridgehead atoms. The van der Waals surface area contributed by atoms with Gasteiger partial charge in [0.2, 0.25) is 5.91 Å². The van der Waals surface area contributed by atoms with E-state index in [-0.39, 0.29) is 29.8 Å². The fraction of sp³-hybridized carbons (Fsp3) is 0.366. The highest BCUT2D eigenvalue weighted by atomic mass is 16.5. The van der Waals surface area contributed by atoms with Crippen molar-refractivity contribution in [3.05, 3.63) is 96.2 Å². The second kappa shape index (κ2) is 16.0. The molecule has 3 aromatic carbocycles. The zero-order valence-electron chi connectivity index (χ0n) is 31.4. The first kappa shape index (κ1) is 37.1. The molecule has 0 saturated carbocycles. The van der Waals surface area contributed by atoms with Crippen LogP contribution in [0.5, 0.6) is 0 Å². The number of amides is 4. The van der Waals surface area contributed by atoms with Crippen molar-refractivity contribution in [2.45, 2.75) is 63.7 Å². The zero-order valence-corrected chi connectivity index (χ0v) is 31.4. The van der Waals surface area contributed by atoms with Gasteiger partial charge in [-0.05, 0) is 66.0 Å². The van der Waals surface area contributed by atoms with Crippen LogP contribution in [0.2, 0.25) is 0 Å². The summed E-state index contributed by atoms with van der Waals surface area (Å²) in [5.41, 5.74) is 6.16. The Morgan fingerprint density at radius 3 is 2.04 bits per heavy atom. The van der Waals surface area contributed by atoms with Crippen molar-refractivity contribution in [1.82, 2.24) is 40.4 Å². The number of nitrogens with zero attached hydrogens (tertiary/aromatic N) is 4.